The van der Waals surface area contributed by atoms with Gasteiger partial charge in [0.05, 0.1) is 23.8 Å². The van der Waals surface area contributed by atoms with Crippen LogP contribution in [0.2, 0.25) is 0 Å². The van der Waals surface area contributed by atoms with Crippen LogP contribution >= 0.6 is 11.3 Å². The zero-order valence-corrected chi connectivity index (χ0v) is 24.8. The topological polar surface area (TPSA) is 113 Å². The van der Waals surface area contributed by atoms with Crippen molar-refractivity contribution in [3.63, 3.8) is 0 Å². The van der Waals surface area contributed by atoms with E-state index in [2.05, 4.69) is 19.8 Å². The van der Waals surface area contributed by atoms with Gasteiger partial charge in [-0.25, -0.2) is 13.4 Å². The van der Waals surface area contributed by atoms with E-state index in [1.165, 1.54) is 0 Å². The van der Waals surface area contributed by atoms with Crippen LogP contribution in [0.5, 0.6) is 11.5 Å². The van der Waals surface area contributed by atoms with E-state index in [0.717, 1.165) is 53.6 Å². The summed E-state index contributed by atoms with van der Waals surface area (Å²) in [5, 5.41) is 3.92. The van der Waals surface area contributed by atoms with Crippen LogP contribution in [0.3, 0.4) is 0 Å². The second-order valence-corrected chi connectivity index (χ2v) is 12.4. The first-order valence-electron chi connectivity index (χ1n) is 13.2. The molecule has 0 atom stereocenters. The van der Waals surface area contributed by atoms with Gasteiger partial charge in [0.25, 0.3) is 15.9 Å². The van der Waals surface area contributed by atoms with E-state index < -0.39 is 10.0 Å². The fraction of sp³-hybridized carbons (Fsp3) is 0.310. The first-order valence-corrected chi connectivity index (χ1v) is 15.5. The number of rotatable bonds is 10. The minimum atomic E-state index is -3.70. The highest BCUT2D eigenvalue weighted by molar-refractivity contribution is 7.92. The van der Waals surface area contributed by atoms with Crippen molar-refractivity contribution in [3.8, 4) is 11.5 Å². The van der Waals surface area contributed by atoms with Crippen molar-refractivity contribution in [1.29, 1.82) is 0 Å². The summed E-state index contributed by atoms with van der Waals surface area (Å²) in [7, 11) is -0.453. The number of carbonyl (C=O) groups is 1. The normalized spacial score (nSPS) is 14.2. The minimum absolute atomic E-state index is 0.187. The maximum Gasteiger partial charge on any atom is 0.261 e. The largest absolute Gasteiger partial charge is 0.493 e. The first kappa shape index (κ1) is 28.7. The van der Waals surface area contributed by atoms with Crippen molar-refractivity contribution < 1.29 is 22.7 Å². The molecule has 5 rings (SSSR count). The molecule has 1 aromatic heterocycles. The Morgan fingerprint density at radius 3 is 2.32 bits per heavy atom. The SMILES string of the molecule is COc1ccc2sc(N3CCN(CCNC(=O)c4ccc(NS(=O)(=O)c5ccc(C)cc5)cc4)CC3)nc2c1OC. The molecule has 3 aromatic carbocycles. The number of thiazole rings is 1. The van der Waals surface area contributed by atoms with Gasteiger partial charge in [-0.3, -0.25) is 14.4 Å². The molecule has 0 spiro atoms. The van der Waals surface area contributed by atoms with Crippen LogP contribution in [0, 0.1) is 6.92 Å². The molecule has 2 heterocycles. The Bertz CT molecular complexity index is 1610. The lowest BCUT2D eigenvalue weighted by molar-refractivity contribution is 0.0948. The third kappa shape index (κ3) is 6.55. The molecule has 0 bridgehead atoms. The van der Waals surface area contributed by atoms with Crippen LogP contribution in [0.25, 0.3) is 10.2 Å². The Morgan fingerprint density at radius 2 is 1.66 bits per heavy atom. The standard InChI is InChI=1S/C29H33N5O5S2/c1-20-4-10-23(11-5-20)41(36,37)32-22-8-6-21(7-9-22)28(35)30-14-15-33-16-18-34(19-17-33)29-31-26-25(40-29)13-12-24(38-2)27(26)39-3/h4-13,32H,14-19H2,1-3H3,(H,30,35). The number of sulfonamides is 1. The van der Waals surface area contributed by atoms with Gasteiger partial charge in [0.1, 0.15) is 5.52 Å². The number of anilines is 2. The molecule has 216 valence electrons. The Balaban J connectivity index is 1.09. The van der Waals surface area contributed by atoms with Gasteiger partial charge in [-0.1, -0.05) is 29.0 Å². The van der Waals surface area contributed by atoms with Crippen LogP contribution in [-0.2, 0) is 10.0 Å². The highest BCUT2D eigenvalue weighted by Crippen LogP contribution is 2.40. The molecule has 41 heavy (non-hydrogen) atoms. The highest BCUT2D eigenvalue weighted by atomic mass is 32.2. The van der Waals surface area contributed by atoms with Crippen LogP contribution in [0.1, 0.15) is 15.9 Å². The maximum absolute atomic E-state index is 12.7. The number of aryl methyl sites for hydroxylation is 1. The van der Waals surface area contributed by atoms with E-state index in [-0.39, 0.29) is 10.8 Å². The lowest BCUT2D eigenvalue weighted by Gasteiger charge is -2.34. The van der Waals surface area contributed by atoms with E-state index >= 15 is 0 Å². The van der Waals surface area contributed by atoms with E-state index in [0.29, 0.717) is 29.3 Å². The number of nitrogens with one attached hydrogen (secondary N) is 2. The average Bonchev–Trinajstić information content (AvgIpc) is 3.42. The lowest BCUT2D eigenvalue weighted by Crippen LogP contribution is -2.48. The summed E-state index contributed by atoms with van der Waals surface area (Å²) in [4.78, 5) is 22.3. The third-order valence-corrected chi connectivity index (χ3v) is 9.46. The molecule has 10 nitrogen and oxygen atoms in total. The minimum Gasteiger partial charge on any atom is -0.493 e. The van der Waals surface area contributed by atoms with Crippen LogP contribution in [0.4, 0.5) is 10.8 Å². The van der Waals surface area contributed by atoms with Crippen molar-refractivity contribution in [2.24, 2.45) is 0 Å². The van der Waals surface area contributed by atoms with Gasteiger partial charge in [0.15, 0.2) is 16.6 Å². The number of methoxy groups -OCH3 is 2. The third-order valence-electron chi connectivity index (χ3n) is 6.98. The zero-order chi connectivity index (χ0) is 29.0. The van der Waals surface area contributed by atoms with Crippen molar-refractivity contribution >= 4 is 48.3 Å². The second kappa shape index (κ2) is 12.3. The lowest BCUT2D eigenvalue weighted by atomic mass is 10.2. The van der Waals surface area contributed by atoms with Gasteiger partial charge in [-0.2, -0.15) is 0 Å². The van der Waals surface area contributed by atoms with E-state index in [4.69, 9.17) is 14.5 Å². The molecule has 4 aromatic rings. The molecule has 1 saturated heterocycles. The van der Waals surface area contributed by atoms with Crippen molar-refractivity contribution in [2.45, 2.75) is 11.8 Å². The molecule has 1 aliphatic heterocycles. The fourth-order valence-electron chi connectivity index (χ4n) is 4.65. The number of carbonyl (C=O) groups excluding carboxylic acids is 1. The van der Waals surface area contributed by atoms with Gasteiger partial charge in [0, 0.05) is 50.5 Å². The molecule has 2 N–H and O–H groups in total. The summed E-state index contributed by atoms with van der Waals surface area (Å²) in [6.07, 6.45) is 0. The molecular formula is C29H33N5O5S2. The number of benzene rings is 3. The zero-order valence-electron chi connectivity index (χ0n) is 23.2. The number of aromatic nitrogens is 1. The maximum atomic E-state index is 12.7. The number of hydrogen-bond donors (Lipinski definition) is 2. The van der Waals surface area contributed by atoms with Crippen molar-refractivity contribution in [1.82, 2.24) is 15.2 Å². The number of hydrogen-bond acceptors (Lipinski definition) is 9. The Morgan fingerprint density at radius 1 is 0.951 bits per heavy atom. The van der Waals surface area contributed by atoms with Crippen LogP contribution in [-0.4, -0.2) is 77.7 Å². The van der Waals surface area contributed by atoms with Crippen molar-refractivity contribution in [2.75, 3.05) is 63.1 Å². The molecule has 12 heteroatoms. The van der Waals surface area contributed by atoms with Crippen LogP contribution in [0.15, 0.2) is 65.6 Å². The van der Waals surface area contributed by atoms with Gasteiger partial charge < -0.3 is 19.7 Å². The molecule has 0 saturated carbocycles. The summed E-state index contributed by atoms with van der Waals surface area (Å²) in [6, 6.07) is 16.9. The number of ether oxygens (including phenoxy) is 2. The molecular weight excluding hydrogens is 562 g/mol. The molecule has 0 unspecified atom stereocenters. The summed E-state index contributed by atoms with van der Waals surface area (Å²) in [5.74, 6) is 1.12. The summed E-state index contributed by atoms with van der Waals surface area (Å²) in [5.41, 5.74) is 2.66. The monoisotopic (exact) mass is 595 g/mol. The fourth-order valence-corrected chi connectivity index (χ4v) is 6.72. The van der Waals surface area contributed by atoms with Gasteiger partial charge >= 0.3 is 0 Å². The quantitative estimate of drug-likeness (QED) is 0.283. The van der Waals surface area contributed by atoms with Crippen molar-refractivity contribution in [3.05, 3.63) is 71.8 Å². The number of fused-ring (bicyclic) bond motifs is 1. The molecule has 1 aliphatic rings. The molecule has 0 aliphatic carbocycles. The van der Waals surface area contributed by atoms with Gasteiger partial charge in [-0.05, 0) is 55.5 Å². The van der Waals surface area contributed by atoms with Crippen LogP contribution < -0.4 is 24.4 Å². The second-order valence-electron chi connectivity index (χ2n) is 9.72. The summed E-state index contributed by atoms with van der Waals surface area (Å²) >= 11 is 1.64. The van der Waals surface area contributed by atoms with E-state index in [1.54, 1.807) is 74.1 Å². The number of amides is 1. The van der Waals surface area contributed by atoms with E-state index in [1.807, 2.05) is 19.1 Å². The van der Waals surface area contributed by atoms with E-state index in [9.17, 15) is 13.2 Å². The number of nitrogens with zero attached hydrogens (tertiary/aromatic N) is 3. The predicted octanol–water partition coefficient (Wildman–Crippen LogP) is 3.97. The summed E-state index contributed by atoms with van der Waals surface area (Å²) in [6.45, 7) is 6.55. The number of piperazine rings is 1. The Kier molecular flexibility index (Phi) is 8.62. The average molecular weight is 596 g/mol. The molecule has 1 amide bonds. The molecule has 0 radical (unpaired) electrons. The van der Waals surface area contributed by atoms with Gasteiger partial charge in [0.2, 0.25) is 0 Å². The Hall–Kier alpha value is -3.87. The molecule has 1 fully saturated rings. The summed E-state index contributed by atoms with van der Waals surface area (Å²) < 4.78 is 39.8. The van der Waals surface area contributed by atoms with Gasteiger partial charge in [-0.15, -0.1) is 0 Å². The smallest absolute Gasteiger partial charge is 0.261 e. The highest BCUT2D eigenvalue weighted by Gasteiger charge is 2.22. The first-order chi connectivity index (χ1) is 19.8. The Labute approximate surface area is 243 Å². The predicted molar refractivity (Wildman–Crippen MR) is 162 cm³/mol.